The molecule has 2 N–H and O–H groups in total. The lowest BCUT2D eigenvalue weighted by Gasteiger charge is -2.28. The number of rotatable bonds is 9. The largest absolute Gasteiger partial charge is 0.487 e. The van der Waals surface area contributed by atoms with Crippen molar-refractivity contribution in [3.8, 4) is 5.75 Å². The Kier molecular flexibility index (Phi) is 7.64. The molecular formula is C27H29F4N3O6S. The Labute approximate surface area is 233 Å². The summed E-state index contributed by atoms with van der Waals surface area (Å²) in [5, 5.41) is 11.9. The summed E-state index contributed by atoms with van der Waals surface area (Å²) in [4.78, 5) is 8.73. The van der Waals surface area contributed by atoms with Crippen molar-refractivity contribution >= 4 is 26.6 Å². The Morgan fingerprint density at radius 2 is 1.88 bits per heavy atom. The second-order valence-electron chi connectivity index (χ2n) is 10.3. The van der Waals surface area contributed by atoms with Gasteiger partial charge in [0.1, 0.15) is 39.5 Å². The van der Waals surface area contributed by atoms with Crippen LogP contribution in [0.25, 0.3) is 10.9 Å². The van der Waals surface area contributed by atoms with Gasteiger partial charge in [-0.2, -0.15) is 8.78 Å². The summed E-state index contributed by atoms with van der Waals surface area (Å²) in [5.41, 5.74) is -1.28. The van der Waals surface area contributed by atoms with E-state index in [1.165, 1.54) is 25.1 Å². The van der Waals surface area contributed by atoms with Crippen LogP contribution in [0.3, 0.4) is 0 Å². The summed E-state index contributed by atoms with van der Waals surface area (Å²) in [6, 6.07) is 4.98. The van der Waals surface area contributed by atoms with Crippen LogP contribution in [-0.4, -0.2) is 67.1 Å². The number of benzene rings is 2. The zero-order chi connectivity index (χ0) is 29.7. The van der Waals surface area contributed by atoms with Gasteiger partial charge >= 0.3 is 5.92 Å². The van der Waals surface area contributed by atoms with Crippen LogP contribution in [0.4, 0.5) is 23.4 Å². The van der Waals surface area contributed by atoms with Gasteiger partial charge in [-0.15, -0.1) is 0 Å². The van der Waals surface area contributed by atoms with Crippen molar-refractivity contribution in [2.45, 2.75) is 61.3 Å². The second kappa shape index (κ2) is 10.6. The van der Waals surface area contributed by atoms with Crippen LogP contribution in [0.1, 0.15) is 43.3 Å². The summed E-state index contributed by atoms with van der Waals surface area (Å²) in [7, 11) is -3.84. The van der Waals surface area contributed by atoms with Crippen molar-refractivity contribution in [1.29, 1.82) is 0 Å². The highest BCUT2D eigenvalue weighted by Crippen LogP contribution is 2.43. The number of nitrogens with zero attached hydrogens (tertiary/aromatic N) is 2. The van der Waals surface area contributed by atoms with E-state index in [2.05, 4.69) is 15.3 Å². The molecule has 0 bridgehead atoms. The van der Waals surface area contributed by atoms with E-state index in [4.69, 9.17) is 14.2 Å². The molecule has 222 valence electrons. The third-order valence-corrected chi connectivity index (χ3v) is 9.25. The molecule has 0 spiro atoms. The number of fused-ring (bicyclic) bond motifs is 1. The molecule has 2 saturated heterocycles. The molecular weight excluding hydrogens is 570 g/mol. The lowest BCUT2D eigenvalue weighted by atomic mass is 9.96. The molecule has 0 amide bonds. The van der Waals surface area contributed by atoms with Gasteiger partial charge in [0, 0.05) is 24.3 Å². The third kappa shape index (κ3) is 5.45. The van der Waals surface area contributed by atoms with Gasteiger partial charge in [-0.3, -0.25) is 0 Å². The summed E-state index contributed by atoms with van der Waals surface area (Å²) in [5.74, 6) is -9.41. The summed E-state index contributed by atoms with van der Waals surface area (Å²) >= 11 is 0. The molecule has 3 aromatic rings. The van der Waals surface area contributed by atoms with Gasteiger partial charge in [-0.05, 0) is 32.0 Å². The van der Waals surface area contributed by atoms with Gasteiger partial charge in [-0.25, -0.2) is 27.2 Å². The number of alkyl halides is 3. The molecule has 5 rings (SSSR count). The number of aliphatic hydroxyl groups is 1. The van der Waals surface area contributed by atoms with Gasteiger partial charge in [0.2, 0.25) is 0 Å². The molecule has 41 heavy (non-hydrogen) atoms. The normalized spacial score (nSPS) is 20.4. The fourth-order valence-electron chi connectivity index (χ4n) is 4.69. The van der Waals surface area contributed by atoms with Crippen molar-refractivity contribution in [1.82, 2.24) is 9.97 Å². The minimum atomic E-state index is -4.52. The van der Waals surface area contributed by atoms with E-state index in [9.17, 15) is 26.7 Å². The molecule has 2 aliphatic heterocycles. The molecule has 1 unspecified atom stereocenters. The Hall–Kier alpha value is -3.07. The Morgan fingerprint density at radius 1 is 1.15 bits per heavy atom. The van der Waals surface area contributed by atoms with Crippen LogP contribution in [0.5, 0.6) is 5.75 Å². The van der Waals surface area contributed by atoms with E-state index in [1.54, 1.807) is 6.92 Å². The van der Waals surface area contributed by atoms with Gasteiger partial charge in [0.25, 0.3) is 5.85 Å². The molecule has 0 aliphatic carbocycles. The number of anilines is 1. The molecule has 1 aromatic heterocycles. The van der Waals surface area contributed by atoms with Crippen molar-refractivity contribution in [2.75, 3.05) is 31.7 Å². The highest BCUT2D eigenvalue weighted by molar-refractivity contribution is 7.92. The molecule has 2 aliphatic rings. The topological polar surface area (TPSA) is 120 Å². The van der Waals surface area contributed by atoms with E-state index < -0.39 is 44.3 Å². The maximum absolute atomic E-state index is 15.3. The van der Waals surface area contributed by atoms with Gasteiger partial charge in [-0.1, -0.05) is 12.1 Å². The Bertz CT molecular complexity index is 1570. The molecule has 3 heterocycles. The van der Waals surface area contributed by atoms with E-state index in [0.717, 1.165) is 6.07 Å². The fraction of sp³-hybridized carbons (Fsp3) is 0.481. The van der Waals surface area contributed by atoms with Gasteiger partial charge < -0.3 is 24.6 Å². The average molecular weight is 600 g/mol. The van der Waals surface area contributed by atoms with E-state index in [-0.39, 0.29) is 66.2 Å². The van der Waals surface area contributed by atoms with Gasteiger partial charge in [0.15, 0.2) is 9.84 Å². The van der Waals surface area contributed by atoms with Crippen LogP contribution >= 0.6 is 0 Å². The predicted molar refractivity (Wildman–Crippen MR) is 140 cm³/mol. The van der Waals surface area contributed by atoms with Crippen LogP contribution in [0.2, 0.25) is 0 Å². The minimum Gasteiger partial charge on any atom is -0.487 e. The lowest BCUT2D eigenvalue weighted by Crippen LogP contribution is -2.40. The summed E-state index contributed by atoms with van der Waals surface area (Å²) < 4.78 is 101. The first-order valence-corrected chi connectivity index (χ1v) is 14.5. The number of hydrogen-bond donors (Lipinski definition) is 2. The lowest BCUT2D eigenvalue weighted by molar-refractivity contribution is -0.249. The summed E-state index contributed by atoms with van der Waals surface area (Å²) in [6.45, 7) is 4.17. The predicted octanol–water partition coefficient (Wildman–Crippen LogP) is 4.36. The number of sulfone groups is 1. The number of aryl methyl sites for hydroxylation is 1. The molecule has 3 atom stereocenters. The Morgan fingerprint density at radius 3 is 2.49 bits per heavy atom. The summed E-state index contributed by atoms with van der Waals surface area (Å²) in [6.07, 6.45) is 0.176. The van der Waals surface area contributed by atoms with Crippen LogP contribution in [0.15, 0.2) is 35.2 Å². The average Bonchev–Trinajstić information content (AvgIpc) is 3.35. The molecule has 2 fully saturated rings. The molecule has 0 radical (unpaired) electrons. The molecule has 0 saturated carbocycles. The first-order chi connectivity index (χ1) is 19.2. The number of nitrogens with one attached hydrogen (secondary N) is 1. The van der Waals surface area contributed by atoms with E-state index in [1.807, 2.05) is 0 Å². The van der Waals surface area contributed by atoms with Crippen molar-refractivity contribution < 1.29 is 45.3 Å². The maximum atomic E-state index is 15.3. The van der Waals surface area contributed by atoms with Crippen molar-refractivity contribution in [2.24, 2.45) is 0 Å². The molecule has 2 aromatic carbocycles. The standard InChI is InChI=1S/C27H29F4N3O6S/c1-14(18-5-4-6-20(24(18)28)27(30,31)26(3,29)35)32-25-19-9-22(40-16-7-8-38-11-16)23(10-21(19)33-15(2)34-25)41(36,37)17-12-39-13-17/h4-6,9-10,14,16-17,35H,7-8,11-13H2,1-3H3,(H,32,33,34)/t14-,16+,26?/m1/s1. The number of ether oxygens (including phenoxy) is 3. The number of hydrogen-bond acceptors (Lipinski definition) is 9. The monoisotopic (exact) mass is 599 g/mol. The minimum absolute atomic E-state index is 0.0541. The smallest absolute Gasteiger partial charge is 0.333 e. The van der Waals surface area contributed by atoms with E-state index in [0.29, 0.717) is 24.5 Å². The number of halogens is 4. The zero-order valence-electron chi connectivity index (χ0n) is 22.5. The van der Waals surface area contributed by atoms with Crippen LogP contribution in [0, 0.1) is 12.7 Å². The third-order valence-electron chi connectivity index (χ3n) is 7.17. The maximum Gasteiger partial charge on any atom is 0.333 e. The second-order valence-corrected chi connectivity index (χ2v) is 12.5. The fourth-order valence-corrected chi connectivity index (χ4v) is 6.26. The van der Waals surface area contributed by atoms with Crippen LogP contribution < -0.4 is 10.1 Å². The SMILES string of the molecule is Cc1nc(N[C@H](C)c2cccc(C(F)(F)C(C)(O)F)c2F)c2cc(O[C@H]3CCOC3)c(S(=O)(=O)C3COC3)cc2n1. The van der Waals surface area contributed by atoms with Gasteiger partial charge in [0.05, 0.1) is 43.5 Å². The Balaban J connectivity index is 1.57. The zero-order valence-corrected chi connectivity index (χ0v) is 23.3. The first kappa shape index (κ1) is 29.4. The quantitative estimate of drug-likeness (QED) is 0.346. The molecule has 9 nitrogen and oxygen atoms in total. The number of aromatic nitrogens is 2. The first-order valence-electron chi connectivity index (χ1n) is 12.9. The van der Waals surface area contributed by atoms with E-state index >= 15 is 4.39 Å². The van der Waals surface area contributed by atoms with Crippen LogP contribution in [-0.2, 0) is 25.2 Å². The highest BCUT2D eigenvalue weighted by atomic mass is 32.2. The van der Waals surface area contributed by atoms with Crippen molar-refractivity contribution in [3.63, 3.8) is 0 Å². The van der Waals surface area contributed by atoms with Crippen molar-refractivity contribution in [3.05, 3.63) is 53.1 Å². The molecule has 14 heteroatoms. The highest BCUT2D eigenvalue weighted by Gasteiger charge is 2.53.